The maximum absolute atomic E-state index is 9.41. The Morgan fingerprint density at radius 3 is 2.97 bits per heavy atom. The van der Waals surface area contributed by atoms with E-state index in [2.05, 4.69) is 48.6 Å². The van der Waals surface area contributed by atoms with Gasteiger partial charge in [-0.3, -0.25) is 9.51 Å². The lowest BCUT2D eigenvalue weighted by Crippen LogP contribution is -2.07. The molecule has 5 aromatic rings. The van der Waals surface area contributed by atoms with Crippen molar-refractivity contribution in [2.75, 3.05) is 18.5 Å². The molecule has 0 bridgehead atoms. The van der Waals surface area contributed by atoms with Gasteiger partial charge in [-0.05, 0) is 30.4 Å². The van der Waals surface area contributed by atoms with Crippen LogP contribution in [0.25, 0.3) is 32.0 Å². The normalized spacial score (nSPS) is 11.1. The van der Waals surface area contributed by atoms with Gasteiger partial charge in [-0.2, -0.15) is 4.98 Å². The molecule has 0 unspecified atom stereocenters. The van der Waals surface area contributed by atoms with Gasteiger partial charge in [0.25, 0.3) is 0 Å². The van der Waals surface area contributed by atoms with Gasteiger partial charge in [-0.15, -0.1) is 11.3 Å². The van der Waals surface area contributed by atoms with E-state index < -0.39 is 6.08 Å². The Balaban J connectivity index is 1.34. The summed E-state index contributed by atoms with van der Waals surface area (Å²) in [5, 5.41) is 18.9. The predicted molar refractivity (Wildman–Crippen MR) is 125 cm³/mol. The molecule has 0 saturated carbocycles. The molecule has 1 aromatic carbocycles. The molecule has 0 amide bonds. The van der Waals surface area contributed by atoms with Crippen LogP contribution in [0, 0.1) is 0 Å². The van der Waals surface area contributed by atoms with E-state index in [9.17, 15) is 5.11 Å². The topological polar surface area (TPSA) is 119 Å². The molecule has 0 aliphatic rings. The average Bonchev–Trinajstić information content (AvgIpc) is 3.46. The van der Waals surface area contributed by atoms with Gasteiger partial charge in [0, 0.05) is 36.5 Å². The number of fused-ring (bicyclic) bond motifs is 1. The molecule has 0 aliphatic heterocycles. The van der Waals surface area contributed by atoms with E-state index in [1.54, 1.807) is 6.20 Å². The molecule has 2 N–H and O–H groups in total. The highest BCUT2D eigenvalue weighted by Crippen LogP contribution is 2.41. The van der Waals surface area contributed by atoms with Crippen LogP contribution < -0.4 is 10.1 Å². The van der Waals surface area contributed by atoms with E-state index in [-0.39, 0.29) is 5.82 Å². The van der Waals surface area contributed by atoms with Crippen LogP contribution >= 0.6 is 11.3 Å². The number of nitrogens with zero attached hydrogens (tertiary/aromatic N) is 5. The molecule has 4 heterocycles. The van der Waals surface area contributed by atoms with Gasteiger partial charge in [0.2, 0.25) is 5.82 Å². The molecular weight excluding hydrogens is 440 g/mol. The zero-order valence-electron chi connectivity index (χ0n) is 17.7. The van der Waals surface area contributed by atoms with Crippen LogP contribution in [0.4, 0.5) is 5.82 Å². The Bertz CT molecular complexity index is 1390. The van der Waals surface area contributed by atoms with Gasteiger partial charge in [0.1, 0.15) is 22.8 Å². The van der Waals surface area contributed by atoms with E-state index in [1.807, 2.05) is 31.3 Å². The highest BCUT2D eigenvalue weighted by atomic mass is 32.1. The Hall–Kier alpha value is -4.05. The van der Waals surface area contributed by atoms with Crippen molar-refractivity contribution in [1.82, 2.24) is 25.1 Å². The highest BCUT2D eigenvalue weighted by Gasteiger charge is 2.19. The number of hydrogen-bond acceptors (Lipinski definition) is 10. The largest absolute Gasteiger partial charge is 0.492 e. The van der Waals surface area contributed by atoms with Crippen LogP contribution in [0.1, 0.15) is 12.5 Å². The molecule has 0 aliphatic carbocycles. The van der Waals surface area contributed by atoms with Crippen LogP contribution in [0.3, 0.4) is 0 Å². The molecule has 166 valence electrons. The third-order valence-corrected chi connectivity index (χ3v) is 6.14. The summed E-state index contributed by atoms with van der Waals surface area (Å²) in [5.41, 5.74) is 1.97. The number of anilines is 1. The van der Waals surface area contributed by atoms with Crippen molar-refractivity contribution in [3.8, 4) is 33.1 Å². The number of thiophene rings is 1. The lowest BCUT2D eigenvalue weighted by atomic mass is 10.0. The van der Waals surface area contributed by atoms with Gasteiger partial charge >= 0.3 is 6.08 Å². The Kier molecular flexibility index (Phi) is 5.81. The predicted octanol–water partition coefficient (Wildman–Crippen LogP) is 4.56. The standard InChI is InChI=1S/C23H20N6O3S/c1-2-31-18-11-19(33-21(18)22-28-23(30)32-29-22)17-10-20(27-13-26-17)25-9-7-15-5-3-4-14-6-8-24-12-16(14)15/h3-6,8,10-13H,2,7,9H2,1H3,(H,25,26,27)(H,28,29,30). The molecule has 4 aromatic heterocycles. The van der Waals surface area contributed by atoms with Crippen molar-refractivity contribution in [3.63, 3.8) is 0 Å². The van der Waals surface area contributed by atoms with Crippen molar-refractivity contribution in [3.05, 3.63) is 60.7 Å². The van der Waals surface area contributed by atoms with Gasteiger partial charge in [0.15, 0.2) is 0 Å². The van der Waals surface area contributed by atoms with Crippen molar-refractivity contribution in [2.24, 2.45) is 0 Å². The Morgan fingerprint density at radius 1 is 1.18 bits per heavy atom. The van der Waals surface area contributed by atoms with E-state index in [4.69, 9.17) is 9.26 Å². The van der Waals surface area contributed by atoms with Gasteiger partial charge in [-0.1, -0.05) is 23.4 Å². The average molecular weight is 461 g/mol. The van der Waals surface area contributed by atoms with Crippen molar-refractivity contribution < 1.29 is 14.4 Å². The maximum atomic E-state index is 9.41. The summed E-state index contributed by atoms with van der Waals surface area (Å²) >= 11 is 1.40. The van der Waals surface area contributed by atoms with E-state index in [0.29, 0.717) is 23.8 Å². The number of nitrogens with one attached hydrogen (secondary N) is 1. The quantitative estimate of drug-likeness (QED) is 0.343. The van der Waals surface area contributed by atoms with Crippen LogP contribution in [-0.4, -0.2) is 43.4 Å². The summed E-state index contributed by atoms with van der Waals surface area (Å²) < 4.78 is 10.4. The van der Waals surface area contributed by atoms with Crippen LogP contribution in [0.15, 0.2) is 59.6 Å². The minimum Gasteiger partial charge on any atom is -0.492 e. The van der Waals surface area contributed by atoms with Gasteiger partial charge in [0.05, 0.1) is 17.2 Å². The van der Waals surface area contributed by atoms with E-state index in [0.717, 1.165) is 28.2 Å². The smallest absolute Gasteiger partial charge is 0.415 e. The number of ether oxygens (including phenoxy) is 1. The zero-order valence-corrected chi connectivity index (χ0v) is 18.5. The minimum absolute atomic E-state index is 0.268. The molecule has 0 spiro atoms. The van der Waals surface area contributed by atoms with Crippen LogP contribution in [-0.2, 0) is 6.42 Å². The molecule has 0 saturated heterocycles. The molecule has 0 atom stereocenters. The van der Waals surface area contributed by atoms with Gasteiger partial charge < -0.3 is 15.2 Å². The minimum atomic E-state index is -0.488. The van der Waals surface area contributed by atoms with Gasteiger partial charge in [-0.25, -0.2) is 9.97 Å². The molecule has 0 radical (unpaired) electrons. The molecule has 9 nitrogen and oxygen atoms in total. The summed E-state index contributed by atoms with van der Waals surface area (Å²) in [6.07, 6.45) is 5.58. The molecular formula is C23H20N6O3S. The summed E-state index contributed by atoms with van der Waals surface area (Å²) in [5.74, 6) is 1.60. The number of hydrogen-bond donors (Lipinski definition) is 2. The lowest BCUT2D eigenvalue weighted by molar-refractivity contribution is 0.267. The van der Waals surface area contributed by atoms with E-state index in [1.165, 1.54) is 28.6 Å². The second-order valence-electron chi connectivity index (χ2n) is 7.12. The monoisotopic (exact) mass is 460 g/mol. The molecule has 33 heavy (non-hydrogen) atoms. The van der Waals surface area contributed by atoms with Crippen molar-refractivity contribution >= 4 is 27.9 Å². The Labute approximate surface area is 193 Å². The van der Waals surface area contributed by atoms with Crippen molar-refractivity contribution in [1.29, 1.82) is 0 Å². The summed E-state index contributed by atoms with van der Waals surface area (Å²) in [6, 6.07) is 12.1. The fourth-order valence-electron chi connectivity index (χ4n) is 3.54. The fourth-order valence-corrected chi connectivity index (χ4v) is 4.53. The van der Waals surface area contributed by atoms with Crippen LogP contribution in [0.5, 0.6) is 11.8 Å². The third-order valence-electron chi connectivity index (χ3n) is 5.01. The second-order valence-corrected chi connectivity index (χ2v) is 8.17. The van der Waals surface area contributed by atoms with E-state index >= 15 is 0 Å². The first kappa shape index (κ1) is 20.8. The summed E-state index contributed by atoms with van der Waals surface area (Å²) in [6.45, 7) is 3.09. The van der Waals surface area contributed by atoms with Crippen molar-refractivity contribution in [2.45, 2.75) is 13.3 Å². The number of benzene rings is 1. The third kappa shape index (κ3) is 4.46. The highest BCUT2D eigenvalue weighted by molar-refractivity contribution is 7.19. The Morgan fingerprint density at radius 2 is 2.12 bits per heavy atom. The first-order valence-corrected chi connectivity index (χ1v) is 11.2. The summed E-state index contributed by atoms with van der Waals surface area (Å²) in [4.78, 5) is 18.4. The number of rotatable bonds is 8. The summed E-state index contributed by atoms with van der Waals surface area (Å²) in [7, 11) is 0. The fraction of sp³-hybridized carbons (Fsp3) is 0.174. The SMILES string of the molecule is CCOc1cc(-c2cc(NCCc3cccc4ccncc34)ncn2)sc1-c1noc(O)n1. The lowest BCUT2D eigenvalue weighted by Gasteiger charge is -2.08. The van der Waals surface area contributed by atoms with Crippen LogP contribution in [0.2, 0.25) is 0 Å². The number of aromatic nitrogens is 5. The maximum Gasteiger partial charge on any atom is 0.415 e. The second kappa shape index (κ2) is 9.21. The first-order valence-electron chi connectivity index (χ1n) is 10.4. The number of aromatic hydroxyl groups is 1. The molecule has 10 heteroatoms. The molecule has 5 rings (SSSR count). The number of pyridine rings is 1. The first-order chi connectivity index (χ1) is 16.2. The molecule has 0 fully saturated rings. The zero-order chi connectivity index (χ0) is 22.6.